The number of benzene rings is 1. The Labute approximate surface area is 171 Å². The fourth-order valence-corrected chi connectivity index (χ4v) is 3.51. The Kier molecular flexibility index (Phi) is 4.81. The van der Waals surface area contributed by atoms with Gasteiger partial charge in [0.05, 0.1) is 37.1 Å². The van der Waals surface area contributed by atoms with E-state index in [9.17, 15) is 0 Å². The highest BCUT2D eigenvalue weighted by molar-refractivity contribution is 5.92. The van der Waals surface area contributed by atoms with Crippen LogP contribution in [0, 0.1) is 11.6 Å². The number of nitrogen functional groups attached to an aromatic ring is 1. The molecule has 4 rings (SSSR count). The van der Waals surface area contributed by atoms with Crippen molar-refractivity contribution in [2.45, 2.75) is 12.5 Å². The summed E-state index contributed by atoms with van der Waals surface area (Å²) in [5.41, 5.74) is 5.46. The quantitative estimate of drug-likeness (QED) is 0.677. The number of halogens is 2. The summed E-state index contributed by atoms with van der Waals surface area (Å²) in [6.07, 6.45) is 1.45. The molecule has 0 amide bonds. The van der Waals surface area contributed by atoms with Crippen LogP contribution in [0.5, 0.6) is 11.5 Å². The molecule has 0 spiro atoms. The van der Waals surface area contributed by atoms with Crippen LogP contribution in [0.2, 0.25) is 0 Å². The van der Waals surface area contributed by atoms with Gasteiger partial charge in [0, 0.05) is 31.7 Å². The van der Waals surface area contributed by atoms with Gasteiger partial charge in [-0.15, -0.1) is 0 Å². The molecule has 3 aromatic rings. The van der Waals surface area contributed by atoms with Gasteiger partial charge in [0.15, 0.2) is 29.0 Å². The largest absolute Gasteiger partial charge is 0.494 e. The summed E-state index contributed by atoms with van der Waals surface area (Å²) in [6.45, 7) is 3.06. The van der Waals surface area contributed by atoms with Crippen LogP contribution in [-0.4, -0.2) is 55.0 Å². The molecule has 1 aliphatic heterocycles. The van der Waals surface area contributed by atoms with E-state index in [4.69, 9.17) is 19.9 Å². The number of hydrogen-bond acceptors (Lipinski definition) is 8. The van der Waals surface area contributed by atoms with E-state index in [0.717, 1.165) is 6.07 Å². The third kappa shape index (κ3) is 3.13. The van der Waals surface area contributed by atoms with Gasteiger partial charge in [-0.1, -0.05) is 0 Å². The van der Waals surface area contributed by atoms with Crippen molar-refractivity contribution in [3.05, 3.63) is 30.0 Å². The average Bonchev–Trinajstić information content (AvgIpc) is 2.71. The normalized spacial score (nSPS) is 15.2. The molecule has 0 saturated carbocycles. The zero-order valence-corrected chi connectivity index (χ0v) is 17.0. The van der Waals surface area contributed by atoms with Crippen molar-refractivity contribution in [2.75, 3.05) is 45.1 Å². The maximum absolute atomic E-state index is 15.0. The molecule has 0 radical (unpaired) electrons. The summed E-state index contributed by atoms with van der Waals surface area (Å²) in [5.74, 6) is -1.58. The lowest BCUT2D eigenvalue weighted by Gasteiger charge is -2.47. The minimum atomic E-state index is -0.921. The van der Waals surface area contributed by atoms with Crippen LogP contribution in [0.15, 0.2) is 18.3 Å². The highest BCUT2D eigenvalue weighted by Gasteiger charge is 2.40. The summed E-state index contributed by atoms with van der Waals surface area (Å²) < 4.78 is 45.6. The minimum absolute atomic E-state index is 0.151. The maximum Gasteiger partial charge on any atom is 0.179 e. The van der Waals surface area contributed by atoms with E-state index < -0.39 is 17.2 Å². The predicted octanol–water partition coefficient (Wildman–Crippen LogP) is 2.79. The molecule has 0 aliphatic carbocycles. The van der Waals surface area contributed by atoms with E-state index in [2.05, 4.69) is 15.0 Å². The number of pyridine rings is 1. The zero-order valence-electron chi connectivity index (χ0n) is 17.0. The average molecular weight is 417 g/mol. The number of anilines is 2. The molecule has 0 unspecified atom stereocenters. The summed E-state index contributed by atoms with van der Waals surface area (Å²) in [5, 5.41) is 0.625. The Balaban J connectivity index is 1.95. The predicted molar refractivity (Wildman–Crippen MR) is 108 cm³/mol. The second-order valence-electron chi connectivity index (χ2n) is 7.29. The molecular formula is C20H21F2N5O3. The first kappa shape index (κ1) is 20.0. The number of ether oxygens (including phenoxy) is 3. The highest BCUT2D eigenvalue weighted by Crippen LogP contribution is 2.39. The van der Waals surface area contributed by atoms with Crippen LogP contribution in [0.25, 0.3) is 22.3 Å². The molecule has 0 bridgehead atoms. The molecule has 1 saturated heterocycles. The number of nitrogens with zero attached hydrogens (tertiary/aromatic N) is 4. The Morgan fingerprint density at radius 3 is 2.23 bits per heavy atom. The monoisotopic (exact) mass is 417 g/mol. The second-order valence-corrected chi connectivity index (χ2v) is 7.29. The highest BCUT2D eigenvalue weighted by atomic mass is 19.1. The SMILES string of the molecule is COc1cc(OC)c(F)c(-c2nc(N3CC(C)(OC)C3)c3cc(N)ncc3n2)c1F. The fourth-order valence-electron chi connectivity index (χ4n) is 3.51. The molecular weight excluding hydrogens is 396 g/mol. The lowest BCUT2D eigenvalue weighted by Crippen LogP contribution is -2.61. The van der Waals surface area contributed by atoms with Crippen LogP contribution < -0.4 is 20.1 Å². The molecule has 2 N–H and O–H groups in total. The number of nitrogens with two attached hydrogens (primary N) is 1. The van der Waals surface area contributed by atoms with Crippen molar-refractivity contribution >= 4 is 22.5 Å². The Hall–Kier alpha value is -3.27. The first-order valence-corrected chi connectivity index (χ1v) is 9.14. The van der Waals surface area contributed by atoms with E-state index >= 15 is 8.78 Å². The number of hydrogen-bond donors (Lipinski definition) is 1. The van der Waals surface area contributed by atoms with Crippen molar-refractivity contribution < 1.29 is 23.0 Å². The summed E-state index contributed by atoms with van der Waals surface area (Å²) >= 11 is 0. The summed E-state index contributed by atoms with van der Waals surface area (Å²) in [6, 6.07) is 2.77. The molecule has 30 heavy (non-hydrogen) atoms. The minimum Gasteiger partial charge on any atom is -0.494 e. The van der Waals surface area contributed by atoms with E-state index in [1.807, 2.05) is 11.8 Å². The molecule has 3 heterocycles. The third-order valence-electron chi connectivity index (χ3n) is 5.22. The smallest absolute Gasteiger partial charge is 0.179 e. The van der Waals surface area contributed by atoms with Gasteiger partial charge in [-0.05, 0) is 13.0 Å². The second kappa shape index (κ2) is 7.21. The topological polar surface area (TPSA) is 95.6 Å². The fraction of sp³-hybridized carbons (Fsp3) is 0.350. The molecule has 1 aromatic carbocycles. The van der Waals surface area contributed by atoms with Gasteiger partial charge in [0.2, 0.25) is 0 Å². The standard InChI is InChI=1S/C20H21F2N5O3/c1-20(30-4)8-27(9-20)19-10-5-14(23)24-7-11(10)25-18(26-19)15-16(21)12(28-2)6-13(29-3)17(15)22/h5-7H,8-9H2,1-4H3,(H2,23,24). The van der Waals surface area contributed by atoms with Crippen molar-refractivity contribution in [2.24, 2.45) is 0 Å². The molecule has 2 aromatic heterocycles. The maximum atomic E-state index is 15.0. The van der Waals surface area contributed by atoms with Crippen molar-refractivity contribution in [1.82, 2.24) is 15.0 Å². The lowest BCUT2D eigenvalue weighted by atomic mass is 9.96. The van der Waals surface area contributed by atoms with Crippen LogP contribution in [0.1, 0.15) is 6.92 Å². The number of fused-ring (bicyclic) bond motifs is 1. The lowest BCUT2D eigenvalue weighted by molar-refractivity contribution is -0.0170. The molecule has 0 atom stereocenters. The van der Waals surface area contributed by atoms with Gasteiger partial charge in [0.1, 0.15) is 11.6 Å². The Morgan fingerprint density at radius 1 is 1.03 bits per heavy atom. The Morgan fingerprint density at radius 2 is 1.67 bits per heavy atom. The Bertz CT molecular complexity index is 1110. The molecule has 158 valence electrons. The van der Waals surface area contributed by atoms with Crippen LogP contribution in [-0.2, 0) is 4.74 Å². The molecule has 10 heteroatoms. The van der Waals surface area contributed by atoms with E-state index in [1.54, 1.807) is 13.2 Å². The van der Waals surface area contributed by atoms with Gasteiger partial charge in [-0.25, -0.2) is 23.7 Å². The molecule has 1 fully saturated rings. The summed E-state index contributed by atoms with van der Waals surface area (Å²) in [4.78, 5) is 14.8. The zero-order chi connectivity index (χ0) is 21.6. The van der Waals surface area contributed by atoms with Gasteiger partial charge in [-0.2, -0.15) is 0 Å². The van der Waals surface area contributed by atoms with Gasteiger partial charge in [-0.3, -0.25) is 0 Å². The third-order valence-corrected chi connectivity index (χ3v) is 5.22. The van der Waals surface area contributed by atoms with Crippen molar-refractivity contribution in [1.29, 1.82) is 0 Å². The van der Waals surface area contributed by atoms with E-state index in [0.29, 0.717) is 29.8 Å². The van der Waals surface area contributed by atoms with E-state index in [-0.39, 0.29) is 28.7 Å². The molecule has 1 aliphatic rings. The molecule has 8 nitrogen and oxygen atoms in total. The first-order valence-electron chi connectivity index (χ1n) is 9.14. The number of rotatable bonds is 5. The van der Waals surface area contributed by atoms with Crippen LogP contribution in [0.4, 0.5) is 20.4 Å². The number of methoxy groups -OCH3 is 3. The van der Waals surface area contributed by atoms with Crippen LogP contribution in [0.3, 0.4) is 0 Å². The van der Waals surface area contributed by atoms with Crippen molar-refractivity contribution in [3.63, 3.8) is 0 Å². The van der Waals surface area contributed by atoms with Gasteiger partial charge >= 0.3 is 0 Å². The first-order chi connectivity index (χ1) is 14.3. The van der Waals surface area contributed by atoms with Gasteiger partial charge in [0.25, 0.3) is 0 Å². The summed E-state index contributed by atoms with van der Waals surface area (Å²) in [7, 11) is 4.20. The van der Waals surface area contributed by atoms with E-state index in [1.165, 1.54) is 20.4 Å². The van der Waals surface area contributed by atoms with Gasteiger partial charge < -0.3 is 24.8 Å². The van der Waals surface area contributed by atoms with Crippen molar-refractivity contribution in [3.8, 4) is 22.9 Å². The number of aromatic nitrogens is 3. The van der Waals surface area contributed by atoms with Crippen LogP contribution >= 0.6 is 0 Å².